The smallest absolute Gasteiger partial charge is 0.0897 e. The van der Waals surface area contributed by atoms with Crippen LogP contribution in [0.4, 0.5) is 0 Å². The van der Waals surface area contributed by atoms with Gasteiger partial charge >= 0.3 is 0 Å². The summed E-state index contributed by atoms with van der Waals surface area (Å²) in [6, 6.07) is 0.530. The summed E-state index contributed by atoms with van der Waals surface area (Å²) >= 11 is 0. The van der Waals surface area contributed by atoms with E-state index in [1.807, 2.05) is 0 Å². The molecular weight excluding hydrogens is 242 g/mol. The van der Waals surface area contributed by atoms with Crippen molar-refractivity contribution in [2.24, 2.45) is 5.92 Å². The summed E-state index contributed by atoms with van der Waals surface area (Å²) in [5.74, 6) is 0.520. The molecule has 5 nitrogen and oxygen atoms in total. The van der Waals surface area contributed by atoms with Gasteiger partial charge < -0.3 is 20.1 Å². The molecule has 1 heterocycles. The van der Waals surface area contributed by atoms with Crippen LogP contribution in [0, 0.1) is 5.92 Å². The van der Waals surface area contributed by atoms with Gasteiger partial charge in [-0.15, -0.1) is 0 Å². The molecule has 2 N–H and O–H groups in total. The quantitative estimate of drug-likeness (QED) is 0.644. The summed E-state index contributed by atoms with van der Waals surface area (Å²) in [7, 11) is 4.33. The minimum atomic E-state index is -0.412. The lowest BCUT2D eigenvalue weighted by molar-refractivity contribution is 0.0246. The number of hydrogen-bond donors (Lipinski definition) is 2. The molecule has 1 saturated heterocycles. The number of nitrogens with one attached hydrogen (secondary N) is 1. The lowest BCUT2D eigenvalue weighted by Gasteiger charge is -2.37. The number of hydrogen-bond acceptors (Lipinski definition) is 5. The number of piperazine rings is 1. The standard InChI is InChI=1S/C14H31N3O2/c1-12(2)10-19-11-14(18)8-15-7-13-9-16(3)5-6-17(13)4/h12-15,18H,5-11H2,1-4H3. The Morgan fingerprint density at radius 3 is 2.68 bits per heavy atom. The molecule has 0 saturated carbocycles. The van der Waals surface area contributed by atoms with Crippen molar-refractivity contribution in [3.8, 4) is 0 Å². The maximum absolute atomic E-state index is 9.80. The van der Waals surface area contributed by atoms with E-state index in [1.54, 1.807) is 0 Å². The second-order valence-corrected chi connectivity index (χ2v) is 6.14. The molecule has 2 unspecified atom stereocenters. The van der Waals surface area contributed by atoms with E-state index in [9.17, 15) is 5.11 Å². The third-order valence-corrected chi connectivity index (χ3v) is 3.50. The molecule has 0 aromatic carbocycles. The van der Waals surface area contributed by atoms with E-state index in [4.69, 9.17) is 4.74 Å². The van der Waals surface area contributed by atoms with Gasteiger partial charge in [-0.05, 0) is 20.0 Å². The monoisotopic (exact) mass is 273 g/mol. The number of ether oxygens (including phenoxy) is 1. The molecule has 114 valence electrons. The molecule has 0 aromatic rings. The van der Waals surface area contributed by atoms with E-state index in [0.717, 1.165) is 26.2 Å². The van der Waals surface area contributed by atoms with Gasteiger partial charge in [-0.25, -0.2) is 0 Å². The Labute approximate surface area is 117 Å². The molecule has 1 rings (SSSR count). The zero-order chi connectivity index (χ0) is 14.3. The van der Waals surface area contributed by atoms with E-state index in [2.05, 4.69) is 43.1 Å². The lowest BCUT2D eigenvalue weighted by Crippen LogP contribution is -2.54. The third-order valence-electron chi connectivity index (χ3n) is 3.50. The number of likely N-dealkylation sites (N-methyl/N-ethyl adjacent to an activating group) is 2. The molecule has 0 radical (unpaired) electrons. The fourth-order valence-electron chi connectivity index (χ4n) is 2.24. The van der Waals surface area contributed by atoms with Crippen LogP contribution < -0.4 is 5.32 Å². The first-order valence-electron chi connectivity index (χ1n) is 7.34. The van der Waals surface area contributed by atoms with Gasteiger partial charge in [-0.1, -0.05) is 13.8 Å². The van der Waals surface area contributed by atoms with Crippen LogP contribution in [0.2, 0.25) is 0 Å². The summed E-state index contributed by atoms with van der Waals surface area (Å²) in [4.78, 5) is 4.74. The van der Waals surface area contributed by atoms with Crippen molar-refractivity contribution in [3.63, 3.8) is 0 Å². The molecule has 0 aromatic heterocycles. The van der Waals surface area contributed by atoms with Crippen LogP contribution in [0.5, 0.6) is 0 Å². The van der Waals surface area contributed by atoms with Crippen LogP contribution in [0.3, 0.4) is 0 Å². The van der Waals surface area contributed by atoms with Crippen molar-refractivity contribution < 1.29 is 9.84 Å². The average molecular weight is 273 g/mol. The molecule has 1 aliphatic heterocycles. The van der Waals surface area contributed by atoms with Crippen LogP contribution in [-0.2, 0) is 4.74 Å². The zero-order valence-electron chi connectivity index (χ0n) is 12.9. The molecule has 19 heavy (non-hydrogen) atoms. The van der Waals surface area contributed by atoms with E-state index in [-0.39, 0.29) is 0 Å². The van der Waals surface area contributed by atoms with Crippen molar-refractivity contribution in [1.82, 2.24) is 15.1 Å². The second kappa shape index (κ2) is 8.87. The predicted octanol–water partition coefficient (Wildman–Crippen LogP) is -0.145. The van der Waals surface area contributed by atoms with Gasteiger partial charge in [-0.2, -0.15) is 0 Å². The van der Waals surface area contributed by atoms with Crippen molar-refractivity contribution in [1.29, 1.82) is 0 Å². The van der Waals surface area contributed by atoms with Gasteiger partial charge in [0.15, 0.2) is 0 Å². The van der Waals surface area contributed by atoms with Crippen LogP contribution in [-0.4, -0.2) is 87.1 Å². The Balaban J connectivity index is 2.08. The van der Waals surface area contributed by atoms with Crippen LogP contribution in [0.25, 0.3) is 0 Å². The molecule has 1 fully saturated rings. The normalized spacial score (nSPS) is 24.0. The SMILES string of the molecule is CC(C)COCC(O)CNCC1CN(C)CCN1C. The minimum Gasteiger partial charge on any atom is -0.389 e. The predicted molar refractivity (Wildman–Crippen MR) is 78.4 cm³/mol. The topological polar surface area (TPSA) is 48.0 Å². The molecular formula is C14H31N3O2. The Morgan fingerprint density at radius 1 is 1.26 bits per heavy atom. The summed E-state index contributed by atoms with van der Waals surface area (Å²) in [5, 5.41) is 13.1. The first-order chi connectivity index (χ1) is 8.99. The molecule has 5 heteroatoms. The van der Waals surface area contributed by atoms with Crippen molar-refractivity contribution in [3.05, 3.63) is 0 Å². The molecule has 0 aliphatic carbocycles. The van der Waals surface area contributed by atoms with Crippen molar-refractivity contribution in [2.75, 3.05) is 60.0 Å². The molecule has 1 aliphatic rings. The highest BCUT2D eigenvalue weighted by Crippen LogP contribution is 2.04. The minimum absolute atomic E-state index is 0.412. The van der Waals surface area contributed by atoms with Crippen LogP contribution in [0.1, 0.15) is 13.8 Å². The molecule has 0 amide bonds. The van der Waals surface area contributed by atoms with Gasteiger partial charge in [0.2, 0.25) is 0 Å². The molecule has 0 spiro atoms. The lowest BCUT2D eigenvalue weighted by atomic mass is 10.2. The van der Waals surface area contributed by atoms with Gasteiger partial charge in [0.25, 0.3) is 0 Å². The van der Waals surface area contributed by atoms with Crippen LogP contribution >= 0.6 is 0 Å². The number of rotatable bonds is 8. The van der Waals surface area contributed by atoms with E-state index < -0.39 is 6.10 Å². The van der Waals surface area contributed by atoms with Gasteiger partial charge in [0.05, 0.1) is 12.7 Å². The first kappa shape index (κ1) is 16.9. The van der Waals surface area contributed by atoms with E-state index in [0.29, 0.717) is 31.7 Å². The average Bonchev–Trinajstić information content (AvgIpc) is 2.33. The van der Waals surface area contributed by atoms with Crippen LogP contribution in [0.15, 0.2) is 0 Å². The number of nitrogens with zero attached hydrogens (tertiary/aromatic N) is 2. The van der Waals surface area contributed by atoms with Gasteiger partial charge in [-0.3, -0.25) is 4.90 Å². The highest BCUT2D eigenvalue weighted by molar-refractivity contribution is 4.80. The zero-order valence-corrected chi connectivity index (χ0v) is 12.9. The third kappa shape index (κ3) is 7.22. The summed E-state index contributed by atoms with van der Waals surface area (Å²) < 4.78 is 5.43. The Kier molecular flexibility index (Phi) is 7.87. The fraction of sp³-hybridized carbons (Fsp3) is 1.00. The Bertz CT molecular complexity index is 239. The van der Waals surface area contributed by atoms with Crippen molar-refractivity contribution >= 4 is 0 Å². The summed E-state index contributed by atoms with van der Waals surface area (Å²) in [6.45, 7) is 10.2. The number of aliphatic hydroxyl groups is 1. The molecule has 0 bridgehead atoms. The van der Waals surface area contributed by atoms with Crippen molar-refractivity contribution in [2.45, 2.75) is 26.0 Å². The second-order valence-electron chi connectivity index (χ2n) is 6.14. The number of aliphatic hydroxyl groups excluding tert-OH is 1. The van der Waals surface area contributed by atoms with E-state index in [1.165, 1.54) is 0 Å². The molecule has 2 atom stereocenters. The fourth-order valence-corrected chi connectivity index (χ4v) is 2.24. The maximum atomic E-state index is 9.80. The Morgan fingerprint density at radius 2 is 2.00 bits per heavy atom. The van der Waals surface area contributed by atoms with Gasteiger partial charge in [0.1, 0.15) is 0 Å². The largest absolute Gasteiger partial charge is 0.389 e. The Hall–Kier alpha value is -0.200. The first-order valence-corrected chi connectivity index (χ1v) is 7.34. The summed E-state index contributed by atoms with van der Waals surface area (Å²) in [5.41, 5.74) is 0. The van der Waals surface area contributed by atoms with E-state index >= 15 is 0 Å². The van der Waals surface area contributed by atoms with Gasteiger partial charge in [0, 0.05) is 45.4 Å². The highest BCUT2D eigenvalue weighted by atomic mass is 16.5. The maximum Gasteiger partial charge on any atom is 0.0897 e. The highest BCUT2D eigenvalue weighted by Gasteiger charge is 2.21. The summed E-state index contributed by atoms with van der Waals surface area (Å²) in [6.07, 6.45) is -0.412.